The summed E-state index contributed by atoms with van der Waals surface area (Å²) >= 11 is 0. The largest absolute Gasteiger partial charge is 0.497 e. The fraction of sp³-hybridized carbons (Fsp3) is 0.263. The van der Waals surface area contributed by atoms with E-state index in [1.54, 1.807) is 49.7 Å². The van der Waals surface area contributed by atoms with Crippen molar-refractivity contribution in [1.82, 2.24) is 3.97 Å². The summed E-state index contributed by atoms with van der Waals surface area (Å²) in [6.07, 6.45) is 2.59. The van der Waals surface area contributed by atoms with Crippen molar-refractivity contribution < 1.29 is 13.2 Å². The summed E-state index contributed by atoms with van der Waals surface area (Å²) < 4.78 is 33.0. The second-order valence-corrected chi connectivity index (χ2v) is 8.40. The number of nitrogens with zero attached hydrogens (tertiary/aromatic N) is 1. The van der Waals surface area contributed by atoms with Gasteiger partial charge in [-0.05, 0) is 49.2 Å². The SMILES string of the molecule is COc1ccc2c(c1)c([C@@H]1C[C@H]1N)cn2S(=O)(=O)c1ccc(C)cc1. The van der Waals surface area contributed by atoms with Crippen LogP contribution in [0.4, 0.5) is 0 Å². The summed E-state index contributed by atoms with van der Waals surface area (Å²) in [5.74, 6) is 0.900. The van der Waals surface area contributed by atoms with Crippen LogP contribution in [-0.2, 0) is 10.0 Å². The number of ether oxygens (including phenoxy) is 1. The minimum Gasteiger partial charge on any atom is -0.497 e. The molecular formula is C19H20N2O3S. The maximum Gasteiger partial charge on any atom is 0.268 e. The van der Waals surface area contributed by atoms with Gasteiger partial charge in [0.25, 0.3) is 10.0 Å². The maximum atomic E-state index is 13.2. The summed E-state index contributed by atoms with van der Waals surface area (Å²) in [4.78, 5) is 0.275. The third-order valence-corrected chi connectivity index (χ3v) is 6.51. The number of fused-ring (bicyclic) bond motifs is 1. The molecule has 1 heterocycles. The predicted molar refractivity (Wildman–Crippen MR) is 97.6 cm³/mol. The summed E-state index contributed by atoms with van der Waals surface area (Å²) in [5.41, 5.74) is 8.65. The van der Waals surface area contributed by atoms with Crippen molar-refractivity contribution in [3.8, 4) is 5.75 Å². The van der Waals surface area contributed by atoms with Crippen molar-refractivity contribution in [3.63, 3.8) is 0 Å². The van der Waals surface area contributed by atoms with Gasteiger partial charge in [0.1, 0.15) is 5.75 Å². The Bertz CT molecular complexity index is 1050. The normalized spacial score (nSPS) is 20.0. The Morgan fingerprint density at radius 1 is 1.16 bits per heavy atom. The van der Waals surface area contributed by atoms with E-state index >= 15 is 0 Å². The lowest BCUT2D eigenvalue weighted by atomic mass is 10.1. The summed E-state index contributed by atoms with van der Waals surface area (Å²) in [6, 6.07) is 12.4. The van der Waals surface area contributed by atoms with Gasteiger partial charge in [-0.1, -0.05) is 17.7 Å². The van der Waals surface area contributed by atoms with Crippen molar-refractivity contribution in [1.29, 1.82) is 0 Å². The third-order valence-electron chi connectivity index (χ3n) is 4.83. The van der Waals surface area contributed by atoms with Crippen LogP contribution in [0.5, 0.6) is 5.75 Å². The lowest BCUT2D eigenvalue weighted by Crippen LogP contribution is -2.11. The van der Waals surface area contributed by atoms with Gasteiger partial charge < -0.3 is 10.5 Å². The van der Waals surface area contributed by atoms with Crippen molar-refractivity contribution in [2.24, 2.45) is 5.73 Å². The highest BCUT2D eigenvalue weighted by molar-refractivity contribution is 7.90. The monoisotopic (exact) mass is 356 g/mol. The van der Waals surface area contributed by atoms with Crippen LogP contribution in [0.3, 0.4) is 0 Å². The Morgan fingerprint density at radius 3 is 2.44 bits per heavy atom. The van der Waals surface area contributed by atoms with E-state index in [0.717, 1.165) is 22.9 Å². The van der Waals surface area contributed by atoms with E-state index in [1.807, 2.05) is 13.0 Å². The first kappa shape index (κ1) is 16.2. The first-order valence-corrected chi connectivity index (χ1v) is 9.62. The number of aryl methyl sites for hydroxylation is 1. The zero-order valence-electron chi connectivity index (χ0n) is 14.1. The van der Waals surface area contributed by atoms with Gasteiger partial charge in [0, 0.05) is 23.5 Å². The molecule has 25 heavy (non-hydrogen) atoms. The summed E-state index contributed by atoms with van der Waals surface area (Å²) in [5, 5.41) is 0.882. The van der Waals surface area contributed by atoms with Gasteiger partial charge in [-0.2, -0.15) is 0 Å². The van der Waals surface area contributed by atoms with Crippen LogP contribution in [-0.4, -0.2) is 25.5 Å². The minimum atomic E-state index is -3.67. The fourth-order valence-corrected chi connectivity index (χ4v) is 4.60. The summed E-state index contributed by atoms with van der Waals surface area (Å²) in [7, 11) is -2.07. The number of aromatic nitrogens is 1. The topological polar surface area (TPSA) is 74.3 Å². The molecule has 0 aliphatic heterocycles. The molecule has 0 bridgehead atoms. The molecule has 1 fully saturated rings. The van der Waals surface area contributed by atoms with Crippen LogP contribution < -0.4 is 10.5 Å². The molecule has 1 aromatic heterocycles. The van der Waals surface area contributed by atoms with E-state index in [1.165, 1.54) is 3.97 Å². The number of rotatable bonds is 4. The molecule has 2 atom stereocenters. The molecule has 0 unspecified atom stereocenters. The van der Waals surface area contributed by atoms with Crippen molar-refractivity contribution in [3.05, 3.63) is 59.8 Å². The maximum absolute atomic E-state index is 13.2. The molecule has 130 valence electrons. The Labute approximate surface area is 147 Å². The highest BCUT2D eigenvalue weighted by Gasteiger charge is 2.38. The molecule has 6 heteroatoms. The Kier molecular flexibility index (Phi) is 3.63. The molecular weight excluding hydrogens is 336 g/mol. The molecule has 1 saturated carbocycles. The molecule has 0 saturated heterocycles. The second-order valence-electron chi connectivity index (χ2n) is 6.59. The fourth-order valence-electron chi connectivity index (χ4n) is 3.22. The number of hydrogen-bond acceptors (Lipinski definition) is 4. The van der Waals surface area contributed by atoms with E-state index in [2.05, 4.69) is 0 Å². The molecule has 3 aromatic rings. The molecule has 0 amide bonds. The number of nitrogens with two attached hydrogens (primary N) is 1. The number of methoxy groups -OCH3 is 1. The van der Waals surface area contributed by atoms with Crippen molar-refractivity contribution in [2.45, 2.75) is 30.2 Å². The molecule has 4 rings (SSSR count). The van der Waals surface area contributed by atoms with Gasteiger partial charge in [0.05, 0.1) is 17.5 Å². The first-order chi connectivity index (χ1) is 11.9. The Balaban J connectivity index is 1.94. The lowest BCUT2D eigenvalue weighted by molar-refractivity contribution is 0.415. The van der Waals surface area contributed by atoms with Crippen LogP contribution in [0.1, 0.15) is 23.5 Å². The van der Waals surface area contributed by atoms with Crippen LogP contribution in [0.25, 0.3) is 10.9 Å². The lowest BCUT2D eigenvalue weighted by Gasteiger charge is -2.08. The average molecular weight is 356 g/mol. The van der Waals surface area contributed by atoms with E-state index in [0.29, 0.717) is 11.3 Å². The predicted octanol–water partition coefficient (Wildman–Crippen LogP) is 3.01. The van der Waals surface area contributed by atoms with Crippen LogP contribution >= 0.6 is 0 Å². The summed E-state index contributed by atoms with van der Waals surface area (Å²) in [6.45, 7) is 1.93. The standard InChI is InChI=1S/C19H20N2O3S/c1-12-3-6-14(7-4-12)25(22,23)21-11-17(15-10-18(15)20)16-9-13(24-2)5-8-19(16)21/h3-9,11,15,18H,10,20H2,1-2H3/t15-,18+/m0/s1. The third kappa shape index (κ3) is 2.62. The van der Waals surface area contributed by atoms with Crippen LogP contribution in [0.15, 0.2) is 53.6 Å². The number of hydrogen-bond donors (Lipinski definition) is 1. The zero-order chi connectivity index (χ0) is 17.8. The quantitative estimate of drug-likeness (QED) is 0.780. The highest BCUT2D eigenvalue weighted by Crippen LogP contribution is 2.44. The van der Waals surface area contributed by atoms with E-state index < -0.39 is 10.0 Å². The molecule has 1 aliphatic carbocycles. The van der Waals surface area contributed by atoms with Crippen LogP contribution in [0, 0.1) is 6.92 Å². The van der Waals surface area contributed by atoms with Gasteiger partial charge in [-0.25, -0.2) is 12.4 Å². The smallest absolute Gasteiger partial charge is 0.268 e. The van der Waals surface area contributed by atoms with E-state index in [-0.39, 0.29) is 16.9 Å². The van der Waals surface area contributed by atoms with Gasteiger partial charge in [-0.3, -0.25) is 0 Å². The molecule has 1 aliphatic rings. The average Bonchev–Trinajstić information content (AvgIpc) is 3.19. The molecule has 0 spiro atoms. The van der Waals surface area contributed by atoms with E-state index in [9.17, 15) is 8.42 Å². The molecule has 2 aromatic carbocycles. The first-order valence-electron chi connectivity index (χ1n) is 8.18. The van der Waals surface area contributed by atoms with Crippen molar-refractivity contribution >= 4 is 20.9 Å². The second kappa shape index (κ2) is 5.61. The van der Waals surface area contributed by atoms with Crippen LogP contribution in [0.2, 0.25) is 0 Å². The van der Waals surface area contributed by atoms with Crippen molar-refractivity contribution in [2.75, 3.05) is 7.11 Å². The van der Waals surface area contributed by atoms with Gasteiger partial charge >= 0.3 is 0 Å². The Hall–Kier alpha value is -2.31. The number of benzene rings is 2. The minimum absolute atomic E-state index is 0.0901. The van der Waals surface area contributed by atoms with E-state index in [4.69, 9.17) is 10.5 Å². The highest BCUT2D eigenvalue weighted by atomic mass is 32.2. The zero-order valence-corrected chi connectivity index (χ0v) is 15.0. The molecule has 5 nitrogen and oxygen atoms in total. The molecule has 0 radical (unpaired) electrons. The molecule has 2 N–H and O–H groups in total. The van der Waals surface area contributed by atoms with Gasteiger partial charge in [0.2, 0.25) is 0 Å². The van der Waals surface area contributed by atoms with Gasteiger partial charge in [-0.15, -0.1) is 0 Å². The van der Waals surface area contributed by atoms with Gasteiger partial charge in [0.15, 0.2) is 0 Å². The Morgan fingerprint density at radius 2 is 1.84 bits per heavy atom.